The molecule has 0 radical (unpaired) electrons. The molecule has 18 heavy (non-hydrogen) atoms. The molecular formula is C12H19Br2ClN2O. The van der Waals surface area contributed by atoms with Crippen LogP contribution in [0.4, 0.5) is 5.69 Å². The number of aliphatic hydroxyl groups excluding tert-OH is 1. The molecule has 4 N–H and O–H groups in total. The van der Waals surface area contributed by atoms with Crippen molar-refractivity contribution >= 4 is 50.2 Å². The third-order valence-electron chi connectivity index (χ3n) is 2.31. The molecule has 0 bridgehead atoms. The van der Waals surface area contributed by atoms with Gasteiger partial charge in [0.2, 0.25) is 0 Å². The SMILES string of the molecule is Br.CC(C)(C)NCC(O)c1cc(Cl)c(N)c(Br)c1. The number of β-amino-alcohol motifs (C(OH)–C–C–N with tert-alkyl or cyclic N) is 1. The lowest BCUT2D eigenvalue weighted by Gasteiger charge is -2.23. The first-order valence-electron chi connectivity index (χ1n) is 5.38. The zero-order valence-electron chi connectivity index (χ0n) is 10.6. The van der Waals surface area contributed by atoms with Crippen LogP contribution in [-0.2, 0) is 0 Å². The van der Waals surface area contributed by atoms with Crippen LogP contribution in [0.15, 0.2) is 16.6 Å². The highest BCUT2D eigenvalue weighted by Crippen LogP contribution is 2.31. The second kappa shape index (κ2) is 7.10. The summed E-state index contributed by atoms with van der Waals surface area (Å²) < 4.78 is 0.704. The van der Waals surface area contributed by atoms with Crippen molar-refractivity contribution in [1.82, 2.24) is 5.32 Å². The molecule has 0 aromatic heterocycles. The van der Waals surface area contributed by atoms with E-state index in [-0.39, 0.29) is 22.5 Å². The van der Waals surface area contributed by atoms with Crippen molar-refractivity contribution in [3.05, 3.63) is 27.2 Å². The van der Waals surface area contributed by atoms with Gasteiger partial charge in [0, 0.05) is 16.6 Å². The van der Waals surface area contributed by atoms with Crippen molar-refractivity contribution in [1.29, 1.82) is 0 Å². The van der Waals surface area contributed by atoms with Gasteiger partial charge in [-0.05, 0) is 54.4 Å². The lowest BCUT2D eigenvalue weighted by Crippen LogP contribution is -2.38. The van der Waals surface area contributed by atoms with Gasteiger partial charge in [0.05, 0.1) is 16.8 Å². The number of aliphatic hydroxyl groups is 1. The fraction of sp³-hybridized carbons (Fsp3) is 0.500. The van der Waals surface area contributed by atoms with E-state index in [1.54, 1.807) is 12.1 Å². The van der Waals surface area contributed by atoms with Crippen LogP contribution < -0.4 is 11.1 Å². The average Bonchev–Trinajstić information content (AvgIpc) is 2.20. The predicted octanol–water partition coefficient (Wildman–Crippen LogP) is 3.68. The fourth-order valence-corrected chi connectivity index (χ4v) is 2.14. The molecule has 0 aliphatic rings. The van der Waals surface area contributed by atoms with E-state index >= 15 is 0 Å². The van der Waals surface area contributed by atoms with Crippen molar-refractivity contribution in [2.45, 2.75) is 32.4 Å². The Morgan fingerprint density at radius 1 is 1.44 bits per heavy atom. The van der Waals surface area contributed by atoms with Crippen LogP contribution in [0.5, 0.6) is 0 Å². The number of hydrogen-bond acceptors (Lipinski definition) is 3. The summed E-state index contributed by atoms with van der Waals surface area (Å²) in [6.45, 7) is 6.61. The second-order valence-electron chi connectivity index (χ2n) is 5.04. The number of nitrogens with two attached hydrogens (primary N) is 1. The van der Waals surface area contributed by atoms with E-state index in [1.165, 1.54) is 0 Å². The molecule has 1 rings (SSSR count). The van der Waals surface area contributed by atoms with E-state index in [2.05, 4.69) is 21.2 Å². The monoisotopic (exact) mass is 400 g/mol. The Hall–Kier alpha value is 0.190. The normalized spacial score (nSPS) is 13.0. The highest BCUT2D eigenvalue weighted by Gasteiger charge is 2.15. The fourth-order valence-electron chi connectivity index (χ4n) is 1.32. The third kappa shape index (κ3) is 5.45. The summed E-state index contributed by atoms with van der Waals surface area (Å²) in [5.74, 6) is 0. The molecule has 1 aromatic rings. The standard InChI is InChI=1S/C12H18BrClN2O.BrH/c1-12(2,3)16-6-10(17)7-4-8(13)11(15)9(14)5-7;/h4-5,10,16-17H,6,15H2,1-3H3;1H. The molecule has 0 spiro atoms. The number of rotatable bonds is 3. The molecule has 0 fully saturated rings. The quantitative estimate of drug-likeness (QED) is 0.676. The van der Waals surface area contributed by atoms with Gasteiger partial charge in [-0.1, -0.05) is 11.6 Å². The number of hydrogen-bond donors (Lipinski definition) is 3. The summed E-state index contributed by atoms with van der Waals surface area (Å²) in [5.41, 5.74) is 6.92. The van der Waals surface area contributed by atoms with Gasteiger partial charge in [-0.25, -0.2) is 0 Å². The lowest BCUT2D eigenvalue weighted by atomic mass is 10.1. The van der Waals surface area contributed by atoms with Crippen molar-refractivity contribution < 1.29 is 5.11 Å². The topological polar surface area (TPSA) is 58.3 Å². The maximum atomic E-state index is 10.0. The van der Waals surface area contributed by atoms with Crippen molar-refractivity contribution in [3.63, 3.8) is 0 Å². The molecule has 1 unspecified atom stereocenters. The zero-order chi connectivity index (χ0) is 13.2. The van der Waals surface area contributed by atoms with Crippen molar-refractivity contribution in [2.75, 3.05) is 12.3 Å². The van der Waals surface area contributed by atoms with Gasteiger partial charge in [-0.15, -0.1) is 17.0 Å². The minimum Gasteiger partial charge on any atom is -0.397 e. The molecule has 0 aliphatic heterocycles. The molecule has 1 aromatic carbocycles. The minimum absolute atomic E-state index is 0. The summed E-state index contributed by atoms with van der Waals surface area (Å²) in [6.07, 6.45) is -0.608. The Morgan fingerprint density at radius 3 is 2.44 bits per heavy atom. The van der Waals surface area contributed by atoms with Gasteiger partial charge >= 0.3 is 0 Å². The zero-order valence-corrected chi connectivity index (χ0v) is 14.7. The van der Waals surface area contributed by atoms with Crippen molar-refractivity contribution in [3.8, 4) is 0 Å². The molecule has 104 valence electrons. The first kappa shape index (κ1) is 18.2. The maximum Gasteiger partial charge on any atom is 0.0915 e. The molecule has 3 nitrogen and oxygen atoms in total. The number of benzene rings is 1. The Bertz CT molecular complexity index is 385. The predicted molar refractivity (Wildman–Crippen MR) is 86.6 cm³/mol. The highest BCUT2D eigenvalue weighted by molar-refractivity contribution is 9.10. The van der Waals surface area contributed by atoms with E-state index in [9.17, 15) is 5.11 Å². The van der Waals surface area contributed by atoms with Gasteiger partial charge in [0.1, 0.15) is 0 Å². The van der Waals surface area contributed by atoms with Crippen LogP contribution in [0.2, 0.25) is 5.02 Å². The smallest absolute Gasteiger partial charge is 0.0915 e. The average molecular weight is 403 g/mol. The first-order chi connectivity index (χ1) is 7.70. The van der Waals surface area contributed by atoms with Crippen molar-refractivity contribution in [2.24, 2.45) is 0 Å². The van der Waals surface area contributed by atoms with E-state index in [0.717, 1.165) is 5.56 Å². The van der Waals surface area contributed by atoms with Crippen LogP contribution in [0.3, 0.4) is 0 Å². The van der Waals surface area contributed by atoms with Gasteiger partial charge in [0.25, 0.3) is 0 Å². The Balaban J connectivity index is 0.00000289. The molecule has 0 saturated heterocycles. The third-order valence-corrected chi connectivity index (χ3v) is 3.28. The molecule has 6 heteroatoms. The molecule has 0 aliphatic carbocycles. The largest absolute Gasteiger partial charge is 0.397 e. The summed E-state index contributed by atoms with van der Waals surface area (Å²) in [6, 6.07) is 3.48. The van der Waals surface area contributed by atoms with Crippen LogP contribution in [-0.4, -0.2) is 17.2 Å². The van der Waals surface area contributed by atoms with Crippen LogP contribution >= 0.6 is 44.5 Å². The second-order valence-corrected chi connectivity index (χ2v) is 6.31. The Labute approximate surface area is 132 Å². The molecule has 0 heterocycles. The van der Waals surface area contributed by atoms with Gasteiger partial charge in [-0.3, -0.25) is 0 Å². The van der Waals surface area contributed by atoms with E-state index in [1.807, 2.05) is 20.8 Å². The van der Waals surface area contributed by atoms with Gasteiger partial charge in [0.15, 0.2) is 0 Å². The number of nitrogens with one attached hydrogen (secondary N) is 1. The maximum absolute atomic E-state index is 10.0. The summed E-state index contributed by atoms with van der Waals surface area (Å²) in [7, 11) is 0. The highest BCUT2D eigenvalue weighted by atomic mass is 79.9. The molecule has 1 atom stereocenters. The van der Waals surface area contributed by atoms with E-state index in [4.69, 9.17) is 17.3 Å². The van der Waals surface area contributed by atoms with E-state index < -0.39 is 6.10 Å². The number of halogens is 3. The molecule has 0 saturated carbocycles. The molecule has 0 amide bonds. The first-order valence-corrected chi connectivity index (χ1v) is 6.55. The van der Waals surface area contributed by atoms with Gasteiger partial charge < -0.3 is 16.2 Å². The minimum atomic E-state index is -0.608. The Morgan fingerprint density at radius 2 is 2.00 bits per heavy atom. The Kier molecular flexibility index (Phi) is 7.18. The lowest BCUT2D eigenvalue weighted by molar-refractivity contribution is 0.163. The van der Waals surface area contributed by atoms with Crippen LogP contribution in [0, 0.1) is 0 Å². The van der Waals surface area contributed by atoms with Crippen LogP contribution in [0.25, 0.3) is 0 Å². The van der Waals surface area contributed by atoms with E-state index in [0.29, 0.717) is 21.7 Å². The summed E-state index contributed by atoms with van der Waals surface area (Å²) in [5, 5.41) is 13.7. The number of nitrogen functional groups attached to an aromatic ring is 1. The summed E-state index contributed by atoms with van der Waals surface area (Å²) in [4.78, 5) is 0. The van der Waals surface area contributed by atoms with Crippen LogP contribution in [0.1, 0.15) is 32.4 Å². The number of anilines is 1. The summed E-state index contributed by atoms with van der Waals surface area (Å²) >= 11 is 9.28. The van der Waals surface area contributed by atoms with Gasteiger partial charge in [-0.2, -0.15) is 0 Å². The molecular weight excluding hydrogens is 383 g/mol.